The Hall–Kier alpha value is -1.24. The predicted octanol–water partition coefficient (Wildman–Crippen LogP) is 2.44. The molecule has 0 rings (SSSR count). The van der Waals surface area contributed by atoms with Gasteiger partial charge < -0.3 is 4.74 Å². The summed E-state index contributed by atoms with van der Waals surface area (Å²) in [5.41, 5.74) is 0.836. The minimum absolute atomic E-state index is 0.439. The highest BCUT2D eigenvalue weighted by Gasteiger charge is 1.88. The molecule has 0 fully saturated rings. The van der Waals surface area contributed by atoms with Crippen LogP contribution in [0.25, 0.3) is 0 Å². The fourth-order valence-corrected chi connectivity index (χ4v) is 0.303. The third kappa shape index (κ3) is 3.72. The standard InChI is InChI=1S/C9H12O/c1-5-8(3)7-10-9(4)6-2/h5-6H,1-4,7H2. The van der Waals surface area contributed by atoms with Crippen molar-refractivity contribution in [3.8, 4) is 0 Å². The maximum Gasteiger partial charge on any atom is 0.113 e. The Balaban J connectivity index is 3.54. The van der Waals surface area contributed by atoms with E-state index < -0.39 is 0 Å². The van der Waals surface area contributed by atoms with Crippen molar-refractivity contribution in [3.63, 3.8) is 0 Å². The average molecular weight is 136 g/mol. The van der Waals surface area contributed by atoms with E-state index in [9.17, 15) is 0 Å². The number of hydrogen-bond donors (Lipinski definition) is 0. The molecule has 0 aliphatic rings. The van der Waals surface area contributed by atoms with Gasteiger partial charge >= 0.3 is 0 Å². The molecule has 0 heterocycles. The Labute approximate surface area is 62.0 Å². The molecular formula is C9H12O. The maximum absolute atomic E-state index is 5.06. The number of ether oxygens (including phenoxy) is 1. The summed E-state index contributed by atoms with van der Waals surface area (Å²) in [4.78, 5) is 0. The van der Waals surface area contributed by atoms with Gasteiger partial charge in [-0.25, -0.2) is 0 Å². The van der Waals surface area contributed by atoms with Crippen molar-refractivity contribution in [1.82, 2.24) is 0 Å². The molecule has 1 heteroatoms. The second-order valence-electron chi connectivity index (χ2n) is 1.82. The van der Waals surface area contributed by atoms with Gasteiger partial charge in [0.1, 0.15) is 12.4 Å². The Kier molecular flexibility index (Phi) is 4.05. The third-order valence-corrected chi connectivity index (χ3v) is 0.959. The van der Waals surface area contributed by atoms with Crippen LogP contribution in [0.3, 0.4) is 0 Å². The van der Waals surface area contributed by atoms with Crippen molar-refractivity contribution in [1.29, 1.82) is 0 Å². The molecule has 0 spiro atoms. The molecule has 0 aromatic heterocycles. The molecular weight excluding hydrogens is 124 g/mol. The summed E-state index contributed by atoms with van der Waals surface area (Å²) in [5.74, 6) is 0.558. The van der Waals surface area contributed by atoms with Crippen LogP contribution in [0.1, 0.15) is 0 Å². The van der Waals surface area contributed by atoms with E-state index in [0.29, 0.717) is 12.4 Å². The lowest BCUT2D eigenvalue weighted by atomic mass is 10.3. The lowest BCUT2D eigenvalue weighted by Crippen LogP contribution is -1.92. The number of rotatable bonds is 5. The van der Waals surface area contributed by atoms with E-state index in [4.69, 9.17) is 4.74 Å². The zero-order valence-corrected chi connectivity index (χ0v) is 6.10. The molecule has 0 amide bonds. The maximum atomic E-state index is 5.06. The van der Waals surface area contributed by atoms with Gasteiger partial charge in [0, 0.05) is 0 Å². The molecule has 0 aliphatic carbocycles. The van der Waals surface area contributed by atoms with Gasteiger partial charge in [-0.2, -0.15) is 0 Å². The largest absolute Gasteiger partial charge is 0.490 e. The second kappa shape index (κ2) is 4.62. The van der Waals surface area contributed by atoms with Gasteiger partial charge in [0.15, 0.2) is 0 Å². The normalized spacial score (nSPS) is 8.00. The van der Waals surface area contributed by atoms with Crippen LogP contribution in [-0.2, 0) is 4.74 Å². The zero-order valence-electron chi connectivity index (χ0n) is 6.10. The van der Waals surface area contributed by atoms with E-state index in [-0.39, 0.29) is 0 Å². The Morgan fingerprint density at radius 1 is 1.20 bits per heavy atom. The molecule has 0 N–H and O–H groups in total. The molecule has 0 aromatic carbocycles. The first-order valence-electron chi connectivity index (χ1n) is 2.95. The lowest BCUT2D eigenvalue weighted by molar-refractivity contribution is 0.258. The Bertz CT molecular complexity index is 146. The van der Waals surface area contributed by atoms with Crippen molar-refractivity contribution in [3.05, 3.63) is 49.8 Å². The van der Waals surface area contributed by atoms with Gasteiger partial charge in [-0.05, 0) is 11.6 Å². The van der Waals surface area contributed by atoms with Crippen LogP contribution in [0.15, 0.2) is 49.8 Å². The van der Waals surface area contributed by atoms with Gasteiger partial charge in [-0.1, -0.05) is 32.4 Å². The minimum Gasteiger partial charge on any atom is -0.490 e. The van der Waals surface area contributed by atoms with Crippen LogP contribution in [-0.4, -0.2) is 6.61 Å². The van der Waals surface area contributed by atoms with E-state index in [1.807, 2.05) is 0 Å². The first kappa shape index (κ1) is 8.76. The minimum atomic E-state index is 0.439. The highest BCUT2D eigenvalue weighted by atomic mass is 16.5. The average Bonchev–Trinajstić information content (AvgIpc) is 1.99. The lowest BCUT2D eigenvalue weighted by Gasteiger charge is -2.03. The Morgan fingerprint density at radius 3 is 2.20 bits per heavy atom. The van der Waals surface area contributed by atoms with Crippen LogP contribution in [0.2, 0.25) is 0 Å². The highest BCUT2D eigenvalue weighted by molar-refractivity contribution is 5.13. The second-order valence-corrected chi connectivity index (χ2v) is 1.82. The van der Waals surface area contributed by atoms with Gasteiger partial charge in [0.25, 0.3) is 0 Å². The monoisotopic (exact) mass is 136 g/mol. The number of hydrogen-bond acceptors (Lipinski definition) is 1. The molecule has 0 radical (unpaired) electrons. The Morgan fingerprint density at radius 2 is 1.80 bits per heavy atom. The quantitative estimate of drug-likeness (QED) is 0.416. The molecule has 0 unspecified atom stereocenters. The molecule has 0 atom stereocenters. The summed E-state index contributed by atoms with van der Waals surface area (Å²) in [7, 11) is 0. The summed E-state index contributed by atoms with van der Waals surface area (Å²) in [6.07, 6.45) is 3.20. The van der Waals surface area contributed by atoms with Gasteiger partial charge in [0.2, 0.25) is 0 Å². The first-order chi connectivity index (χ1) is 4.70. The molecule has 0 aliphatic heterocycles. The van der Waals surface area contributed by atoms with E-state index in [1.54, 1.807) is 12.2 Å². The molecule has 0 saturated carbocycles. The topological polar surface area (TPSA) is 9.23 Å². The fraction of sp³-hybridized carbons (Fsp3) is 0.111. The molecule has 0 saturated heterocycles. The fourth-order valence-electron chi connectivity index (χ4n) is 0.303. The number of allylic oxidation sites excluding steroid dienone is 1. The van der Waals surface area contributed by atoms with Crippen LogP contribution < -0.4 is 0 Å². The third-order valence-electron chi connectivity index (χ3n) is 0.959. The summed E-state index contributed by atoms with van der Waals surface area (Å²) in [5, 5.41) is 0. The van der Waals surface area contributed by atoms with Gasteiger partial charge in [0.05, 0.1) is 0 Å². The first-order valence-corrected chi connectivity index (χ1v) is 2.95. The van der Waals surface area contributed by atoms with Crippen molar-refractivity contribution in [2.45, 2.75) is 0 Å². The van der Waals surface area contributed by atoms with Crippen LogP contribution in [0.5, 0.6) is 0 Å². The van der Waals surface area contributed by atoms with Crippen molar-refractivity contribution in [2.24, 2.45) is 0 Å². The van der Waals surface area contributed by atoms with Crippen LogP contribution in [0.4, 0.5) is 0 Å². The summed E-state index contributed by atoms with van der Waals surface area (Å²) in [6, 6.07) is 0. The molecule has 54 valence electrons. The van der Waals surface area contributed by atoms with Crippen LogP contribution in [0, 0.1) is 0 Å². The van der Waals surface area contributed by atoms with E-state index >= 15 is 0 Å². The summed E-state index contributed by atoms with van der Waals surface area (Å²) in [6.45, 7) is 14.7. The zero-order chi connectivity index (χ0) is 7.98. The van der Waals surface area contributed by atoms with E-state index in [0.717, 1.165) is 5.57 Å². The van der Waals surface area contributed by atoms with Gasteiger partial charge in [-0.15, -0.1) is 0 Å². The molecule has 1 nitrogen and oxygen atoms in total. The van der Waals surface area contributed by atoms with E-state index in [1.165, 1.54) is 0 Å². The molecule has 0 bridgehead atoms. The van der Waals surface area contributed by atoms with Gasteiger partial charge in [-0.3, -0.25) is 0 Å². The van der Waals surface area contributed by atoms with Crippen LogP contribution >= 0.6 is 0 Å². The highest BCUT2D eigenvalue weighted by Crippen LogP contribution is 1.98. The van der Waals surface area contributed by atoms with Crippen molar-refractivity contribution >= 4 is 0 Å². The summed E-state index contributed by atoms with van der Waals surface area (Å²) < 4.78 is 5.06. The predicted molar refractivity (Wildman–Crippen MR) is 44.6 cm³/mol. The summed E-state index contributed by atoms with van der Waals surface area (Å²) >= 11 is 0. The van der Waals surface area contributed by atoms with Crippen molar-refractivity contribution < 1.29 is 4.74 Å². The smallest absolute Gasteiger partial charge is 0.113 e. The van der Waals surface area contributed by atoms with E-state index in [2.05, 4.69) is 26.3 Å². The van der Waals surface area contributed by atoms with Crippen molar-refractivity contribution in [2.75, 3.05) is 6.61 Å². The molecule has 10 heavy (non-hydrogen) atoms. The molecule has 0 aromatic rings. The SMILES string of the molecule is C=CC(=C)COC(=C)C=C.